The van der Waals surface area contributed by atoms with Crippen LogP contribution in [0.4, 0.5) is 17.1 Å². The van der Waals surface area contributed by atoms with Gasteiger partial charge >= 0.3 is 223 Å². The Bertz CT molecular complexity index is 2530. The maximum Gasteiger partial charge on any atom is -0.0302 e. The fourth-order valence-corrected chi connectivity index (χ4v) is 18.1. The van der Waals surface area contributed by atoms with Crippen molar-refractivity contribution in [2.45, 2.75) is 0 Å². The minimum atomic E-state index is -3.29. The van der Waals surface area contributed by atoms with Crippen LogP contribution in [0.5, 0.6) is 0 Å². The van der Waals surface area contributed by atoms with E-state index in [4.69, 9.17) is 0 Å². The molecule has 0 fully saturated rings. The zero-order valence-corrected chi connectivity index (χ0v) is 33.2. The smallest absolute Gasteiger partial charge is 0.0302 e. The van der Waals surface area contributed by atoms with Gasteiger partial charge in [0.1, 0.15) is 0 Å². The molecule has 0 unspecified atom stereocenters. The molecule has 9 aromatic carbocycles. The summed E-state index contributed by atoms with van der Waals surface area (Å²) in [6.07, 6.45) is 0. The standard InChI is InChI=1S/C54H41GeN/c1-6-17-42(18-7-1)47-19-16-28-54(41-47)56(52-26-14-5-15-27-52)53-39-35-46(36-40-53)44-31-29-43(30-32-44)45-33-37-51(38-34-45)55(48-20-8-2-9-21-48,49-22-10-3-11-23-49)50-24-12-4-13-25-50/h1-41H. The number of hydrogen-bond donors (Lipinski definition) is 0. The second-order valence-electron chi connectivity index (χ2n) is 14.1. The van der Waals surface area contributed by atoms with Gasteiger partial charge in [0.2, 0.25) is 0 Å². The van der Waals surface area contributed by atoms with Gasteiger partial charge in [0, 0.05) is 11.4 Å². The minimum absolute atomic E-state index is 1.12. The Labute approximate surface area is 333 Å². The number of anilines is 3. The van der Waals surface area contributed by atoms with Crippen LogP contribution in [0.3, 0.4) is 0 Å². The fraction of sp³-hybridized carbons (Fsp3) is 0. The Balaban J connectivity index is 1.02. The molecule has 0 aliphatic heterocycles. The number of nitrogens with zero attached hydrogens (tertiary/aromatic N) is 1. The first-order valence-electron chi connectivity index (χ1n) is 19.3. The van der Waals surface area contributed by atoms with Crippen LogP contribution in [0.15, 0.2) is 249 Å². The van der Waals surface area contributed by atoms with Crippen LogP contribution < -0.4 is 22.5 Å². The topological polar surface area (TPSA) is 3.24 Å². The monoisotopic (exact) mass is 777 g/mol. The van der Waals surface area contributed by atoms with Gasteiger partial charge < -0.3 is 4.90 Å². The van der Waals surface area contributed by atoms with E-state index in [1.54, 1.807) is 0 Å². The molecule has 9 aromatic rings. The molecule has 0 saturated heterocycles. The Morgan fingerprint density at radius 3 is 0.982 bits per heavy atom. The summed E-state index contributed by atoms with van der Waals surface area (Å²) in [5.41, 5.74) is 10.6. The van der Waals surface area contributed by atoms with Crippen molar-refractivity contribution < 1.29 is 0 Å². The summed E-state index contributed by atoms with van der Waals surface area (Å²) < 4.78 is 5.72. The van der Waals surface area contributed by atoms with E-state index >= 15 is 0 Å². The van der Waals surface area contributed by atoms with Crippen LogP contribution in [0, 0.1) is 0 Å². The second kappa shape index (κ2) is 16.0. The van der Waals surface area contributed by atoms with Crippen molar-refractivity contribution in [2.75, 3.05) is 4.90 Å². The number of para-hydroxylation sites is 1. The SMILES string of the molecule is c1ccc(-c2cccc(N(c3ccccc3)c3ccc(-c4ccc(-c5cc[c]([Ge]([c]6ccccc6)([c]6ccccc6)[c]6ccccc6)cc5)cc4)cc3)c2)cc1. The first-order valence-corrected chi connectivity index (χ1v) is 23.5. The third kappa shape index (κ3) is 6.90. The predicted octanol–water partition coefficient (Wildman–Crippen LogP) is 11.5. The summed E-state index contributed by atoms with van der Waals surface area (Å²) in [7, 11) is 0. The second-order valence-corrected chi connectivity index (χ2v) is 22.1. The Kier molecular flexibility index (Phi) is 9.99. The van der Waals surface area contributed by atoms with Gasteiger partial charge in [-0.1, -0.05) is 60.7 Å². The third-order valence-corrected chi connectivity index (χ3v) is 20.9. The zero-order valence-electron chi connectivity index (χ0n) is 31.1. The van der Waals surface area contributed by atoms with E-state index in [-0.39, 0.29) is 0 Å². The summed E-state index contributed by atoms with van der Waals surface area (Å²) in [5.74, 6) is 0. The van der Waals surface area contributed by atoms with Gasteiger partial charge in [0.15, 0.2) is 0 Å². The molecular formula is C54H41GeN. The summed E-state index contributed by atoms with van der Waals surface area (Å²) in [6.45, 7) is 0. The van der Waals surface area contributed by atoms with Crippen LogP contribution in [-0.4, -0.2) is 13.3 Å². The first-order chi connectivity index (χ1) is 27.8. The maximum absolute atomic E-state index is 3.29. The Morgan fingerprint density at radius 1 is 0.214 bits per heavy atom. The third-order valence-electron chi connectivity index (χ3n) is 10.8. The van der Waals surface area contributed by atoms with Crippen molar-refractivity contribution in [3.63, 3.8) is 0 Å². The molecule has 56 heavy (non-hydrogen) atoms. The molecule has 1 nitrogen and oxygen atoms in total. The molecule has 0 atom stereocenters. The van der Waals surface area contributed by atoms with Gasteiger partial charge in [-0.3, -0.25) is 0 Å². The average molecular weight is 777 g/mol. The normalized spacial score (nSPS) is 11.2. The van der Waals surface area contributed by atoms with E-state index in [1.807, 2.05) is 0 Å². The van der Waals surface area contributed by atoms with Crippen LogP contribution in [0.25, 0.3) is 33.4 Å². The molecule has 0 aliphatic carbocycles. The number of rotatable bonds is 10. The van der Waals surface area contributed by atoms with Gasteiger partial charge in [-0.2, -0.15) is 0 Å². The first kappa shape index (κ1) is 35.1. The molecule has 2 heteroatoms. The largest absolute Gasteiger partial charge is 0.0617 e. The van der Waals surface area contributed by atoms with Crippen molar-refractivity contribution in [3.8, 4) is 33.4 Å². The maximum atomic E-state index is 2.39. The minimum Gasteiger partial charge on any atom is -0.0617 e. The molecule has 266 valence electrons. The summed E-state index contributed by atoms with van der Waals surface area (Å²) in [4.78, 5) is 2.33. The molecule has 0 bridgehead atoms. The summed E-state index contributed by atoms with van der Waals surface area (Å²) in [5, 5.41) is 0. The Hall–Kier alpha value is -6.68. The van der Waals surface area contributed by atoms with Crippen molar-refractivity contribution in [1.29, 1.82) is 0 Å². The van der Waals surface area contributed by atoms with Gasteiger partial charge in [-0.25, -0.2) is 0 Å². The molecule has 0 saturated carbocycles. The molecule has 0 spiro atoms. The van der Waals surface area contributed by atoms with Gasteiger partial charge in [-0.15, -0.1) is 0 Å². The molecule has 0 aliphatic rings. The zero-order chi connectivity index (χ0) is 37.6. The van der Waals surface area contributed by atoms with Gasteiger partial charge in [0.25, 0.3) is 0 Å². The van der Waals surface area contributed by atoms with E-state index < -0.39 is 13.3 Å². The quantitative estimate of drug-likeness (QED) is 0.125. The molecular weight excluding hydrogens is 735 g/mol. The van der Waals surface area contributed by atoms with Crippen molar-refractivity contribution in [2.24, 2.45) is 0 Å². The van der Waals surface area contributed by atoms with Crippen molar-refractivity contribution in [3.05, 3.63) is 249 Å². The molecule has 0 N–H and O–H groups in total. The number of hydrogen-bond acceptors (Lipinski definition) is 1. The van der Waals surface area contributed by atoms with E-state index in [2.05, 4.69) is 254 Å². The molecule has 0 heterocycles. The fourth-order valence-electron chi connectivity index (χ4n) is 8.11. The van der Waals surface area contributed by atoms with Gasteiger partial charge in [-0.05, 0) is 35.4 Å². The van der Waals surface area contributed by atoms with E-state index in [0.717, 1.165) is 17.1 Å². The van der Waals surface area contributed by atoms with E-state index in [0.29, 0.717) is 0 Å². The van der Waals surface area contributed by atoms with E-state index in [9.17, 15) is 0 Å². The average Bonchev–Trinajstić information content (AvgIpc) is 3.29. The van der Waals surface area contributed by atoms with Crippen molar-refractivity contribution in [1.82, 2.24) is 0 Å². The molecule has 0 aromatic heterocycles. The van der Waals surface area contributed by atoms with Crippen LogP contribution in [-0.2, 0) is 0 Å². The number of benzene rings is 9. The summed E-state index contributed by atoms with van der Waals surface area (Å²) in [6, 6.07) is 90.8. The molecule has 9 rings (SSSR count). The predicted molar refractivity (Wildman–Crippen MR) is 241 cm³/mol. The van der Waals surface area contributed by atoms with Gasteiger partial charge in [0.05, 0.1) is 0 Å². The molecule has 0 radical (unpaired) electrons. The van der Waals surface area contributed by atoms with Crippen LogP contribution >= 0.6 is 0 Å². The Morgan fingerprint density at radius 2 is 0.518 bits per heavy atom. The van der Waals surface area contributed by atoms with Crippen molar-refractivity contribution >= 4 is 47.9 Å². The van der Waals surface area contributed by atoms with E-state index in [1.165, 1.54) is 51.0 Å². The molecule has 0 amide bonds. The van der Waals surface area contributed by atoms with Crippen LogP contribution in [0.2, 0.25) is 0 Å². The van der Waals surface area contributed by atoms with Crippen LogP contribution in [0.1, 0.15) is 0 Å². The summed E-state index contributed by atoms with van der Waals surface area (Å²) >= 11 is -3.29.